The molecule has 122 valence electrons. The Labute approximate surface area is 152 Å². The van der Waals surface area contributed by atoms with Crippen LogP contribution in [0.3, 0.4) is 0 Å². The monoisotopic (exact) mass is 353 g/mol. The Morgan fingerprint density at radius 1 is 1.10 bits per heavy atom. The van der Waals surface area contributed by atoms with Gasteiger partial charge in [-0.25, -0.2) is 12.2 Å². The minimum atomic E-state index is 0. The zero-order valence-corrected chi connectivity index (χ0v) is 16.7. The largest absolute Gasteiger partial charge is 0.484 e. The molecule has 0 saturated heterocycles. The third-order valence-corrected chi connectivity index (χ3v) is 1.03. The molecule has 0 fully saturated rings. The molecule has 2 rings (SSSR count). The predicted molar refractivity (Wildman–Crippen MR) is 97.7 cm³/mol. The Hall–Kier alpha value is -0.0757. The summed E-state index contributed by atoms with van der Waals surface area (Å²) < 4.78 is 1.42. The molecule has 1 heterocycles. The van der Waals surface area contributed by atoms with Gasteiger partial charge in [-0.05, 0) is 0 Å². The SMILES string of the molecule is C[C](C)=[Ti].Cl.Cl.[C-]1=CC=CC1.[CH3-].[CH3-].[CH3-].[CH3-].[c-]1ccc[nH]1. The molecule has 1 nitrogen and oxygen atoms in total. The molecule has 1 aliphatic rings. The summed E-state index contributed by atoms with van der Waals surface area (Å²) in [4.78, 5) is 2.74. The number of hydrogen-bond acceptors (Lipinski definition) is 0. The van der Waals surface area contributed by atoms with E-state index in [9.17, 15) is 0 Å². The van der Waals surface area contributed by atoms with Gasteiger partial charge in [0.2, 0.25) is 0 Å². The molecule has 0 saturated carbocycles. The number of halogens is 2. The van der Waals surface area contributed by atoms with Crippen LogP contribution in [0.15, 0.2) is 36.6 Å². The summed E-state index contributed by atoms with van der Waals surface area (Å²) in [6, 6.07) is 3.71. The van der Waals surface area contributed by atoms with E-state index in [1.54, 1.807) is 0 Å². The molecule has 1 aromatic heterocycles. The first-order valence-corrected chi connectivity index (χ1v) is 5.24. The van der Waals surface area contributed by atoms with E-state index in [2.05, 4.69) is 57.2 Å². The van der Waals surface area contributed by atoms with Crippen molar-refractivity contribution in [3.05, 3.63) is 78.5 Å². The standard InChI is InChI=1S/C5H5.C4H4N.C3H6.4CH3.2ClH.Ti/c2*1-2-4-5-3-1;1-3-2;;;;;;;/h1-3H,4H2;1-3,5H;1-2H3;4*1H3;2*1H;/q2*-1;;4*-1;;;. The van der Waals surface area contributed by atoms with E-state index in [0.717, 1.165) is 6.42 Å². The van der Waals surface area contributed by atoms with E-state index in [1.807, 2.05) is 30.5 Å². The Bertz CT molecular complexity index is 249. The van der Waals surface area contributed by atoms with Crippen molar-refractivity contribution in [2.24, 2.45) is 0 Å². The first kappa shape index (κ1) is 42.7. The minimum absolute atomic E-state index is 0. The molecule has 4 heteroatoms. The fourth-order valence-corrected chi connectivity index (χ4v) is 0.581. The molecule has 0 aromatic carbocycles. The molecule has 0 bridgehead atoms. The van der Waals surface area contributed by atoms with Crippen LogP contribution < -0.4 is 0 Å². The van der Waals surface area contributed by atoms with Gasteiger partial charge in [0.15, 0.2) is 0 Å². The number of aromatic nitrogens is 1. The Kier molecular flexibility index (Phi) is 77.7. The van der Waals surface area contributed by atoms with Crippen molar-refractivity contribution in [1.82, 2.24) is 4.98 Å². The smallest absolute Gasteiger partial charge is 0.108 e. The van der Waals surface area contributed by atoms with Crippen LogP contribution in [0.25, 0.3) is 0 Å². The van der Waals surface area contributed by atoms with Gasteiger partial charge in [-0.15, -0.1) is 37.4 Å². The average Bonchev–Trinajstić information content (AvgIpc) is 2.83. The maximum Gasteiger partial charge on any atom is -0.108 e. The third-order valence-electron chi connectivity index (χ3n) is 1.03. The van der Waals surface area contributed by atoms with Crippen LogP contribution in [0.2, 0.25) is 0 Å². The van der Waals surface area contributed by atoms with Crippen molar-refractivity contribution in [3.8, 4) is 0 Å². The van der Waals surface area contributed by atoms with Crippen LogP contribution in [0.1, 0.15) is 20.3 Å². The van der Waals surface area contributed by atoms with Crippen molar-refractivity contribution in [2.75, 3.05) is 0 Å². The van der Waals surface area contributed by atoms with Crippen LogP contribution in [0.4, 0.5) is 0 Å². The van der Waals surface area contributed by atoms with E-state index in [-0.39, 0.29) is 54.5 Å². The average molecular weight is 354 g/mol. The Morgan fingerprint density at radius 2 is 1.60 bits per heavy atom. The van der Waals surface area contributed by atoms with Gasteiger partial charge in [0.1, 0.15) is 0 Å². The van der Waals surface area contributed by atoms with E-state index < -0.39 is 0 Å². The Balaban J connectivity index is -0.0000000222. The third kappa shape index (κ3) is 52.1. The number of rotatable bonds is 0. The van der Waals surface area contributed by atoms with Crippen LogP contribution in [-0.4, -0.2) is 8.80 Å². The van der Waals surface area contributed by atoms with Crippen LogP contribution in [0.5, 0.6) is 0 Å². The second-order valence-electron chi connectivity index (χ2n) is 2.82. The maximum atomic E-state index is 2.99. The van der Waals surface area contributed by atoms with Crippen molar-refractivity contribution >= 4 is 28.6 Å². The summed E-state index contributed by atoms with van der Waals surface area (Å²) in [5.74, 6) is 0. The van der Waals surface area contributed by atoms with E-state index >= 15 is 0 Å². The molecule has 0 radical (unpaired) electrons. The molecule has 0 amide bonds. The molecule has 0 atom stereocenters. The van der Waals surface area contributed by atoms with E-state index in [4.69, 9.17) is 0 Å². The van der Waals surface area contributed by atoms with Crippen molar-refractivity contribution in [1.29, 1.82) is 0 Å². The van der Waals surface area contributed by atoms with Crippen molar-refractivity contribution in [2.45, 2.75) is 20.3 Å². The van der Waals surface area contributed by atoms with Gasteiger partial charge in [0.05, 0.1) is 0 Å². The molecule has 1 aromatic rings. The van der Waals surface area contributed by atoms with Crippen LogP contribution in [-0.2, 0) is 20.0 Å². The number of H-pyrrole nitrogens is 1. The maximum absolute atomic E-state index is 2.99. The second kappa shape index (κ2) is 36.4. The first-order valence-electron chi connectivity index (χ1n) is 4.46. The number of hydrogen-bond donors (Lipinski definition) is 1. The van der Waals surface area contributed by atoms with Gasteiger partial charge in [-0.3, -0.25) is 6.08 Å². The summed E-state index contributed by atoms with van der Waals surface area (Å²) in [6.45, 7) is 4.17. The fourth-order valence-electron chi connectivity index (χ4n) is 0.581. The summed E-state index contributed by atoms with van der Waals surface area (Å²) in [5, 5.41) is 0. The summed E-state index contributed by atoms with van der Waals surface area (Å²) in [5.41, 5.74) is 0. The number of aromatic amines is 1. The van der Waals surface area contributed by atoms with E-state index in [0.29, 0.717) is 0 Å². The topological polar surface area (TPSA) is 15.8 Å². The van der Waals surface area contributed by atoms with Crippen molar-refractivity contribution < 1.29 is 20.0 Å². The molecule has 1 N–H and O–H groups in total. The molecular formula is C16H29Cl2NTi-6. The zero-order valence-electron chi connectivity index (χ0n) is 13.5. The summed E-state index contributed by atoms with van der Waals surface area (Å²) >= 11 is 2.08. The zero-order chi connectivity index (χ0) is 10.6. The normalized spacial score (nSPS) is 7.65. The molecule has 0 aliphatic heterocycles. The van der Waals surface area contributed by atoms with Crippen LogP contribution in [0, 0.1) is 42.0 Å². The van der Waals surface area contributed by atoms with Gasteiger partial charge in [-0.1, -0.05) is 0 Å². The molecule has 1 aliphatic carbocycles. The van der Waals surface area contributed by atoms with Gasteiger partial charge in [0.25, 0.3) is 0 Å². The van der Waals surface area contributed by atoms with Crippen molar-refractivity contribution in [3.63, 3.8) is 0 Å². The number of nitrogens with one attached hydrogen (secondary N) is 1. The number of allylic oxidation sites excluding steroid dienone is 4. The molecule has 0 unspecified atom stereocenters. The fraction of sp³-hybridized carbons (Fsp3) is 0.188. The van der Waals surface area contributed by atoms with Gasteiger partial charge < -0.3 is 34.7 Å². The molecular weight excluding hydrogens is 325 g/mol. The summed E-state index contributed by atoms with van der Waals surface area (Å²) in [6.07, 6.45) is 14.6. The first-order chi connectivity index (χ1) is 6.73. The quantitative estimate of drug-likeness (QED) is 0.467. The van der Waals surface area contributed by atoms with E-state index in [1.165, 1.54) is 3.81 Å². The van der Waals surface area contributed by atoms with Gasteiger partial charge in [-0.2, -0.15) is 24.4 Å². The second-order valence-corrected chi connectivity index (χ2v) is 4.38. The minimum Gasteiger partial charge on any atom is -0.484 e. The molecule has 20 heavy (non-hydrogen) atoms. The van der Waals surface area contributed by atoms with Crippen LogP contribution >= 0.6 is 24.8 Å². The molecule has 0 spiro atoms. The Morgan fingerprint density at radius 3 is 1.70 bits per heavy atom. The van der Waals surface area contributed by atoms with Gasteiger partial charge >= 0.3 is 37.6 Å². The summed E-state index contributed by atoms with van der Waals surface area (Å²) in [7, 11) is 0. The predicted octanol–water partition coefficient (Wildman–Crippen LogP) is 5.51. The van der Waals surface area contributed by atoms with Gasteiger partial charge in [0, 0.05) is 0 Å².